The lowest BCUT2D eigenvalue weighted by Gasteiger charge is -2.25. The molecular weight excluding hydrogens is 171 g/mol. The molecule has 72 valence electrons. The number of hydrogen-bond donors (Lipinski definition) is 1. The Bertz CT molecular complexity index is 279. The molecule has 0 spiro atoms. The number of halogens is 1. The summed E-state index contributed by atoms with van der Waals surface area (Å²) in [5.41, 5.74) is 0. The zero-order valence-electron chi connectivity index (χ0n) is 7.36. The van der Waals surface area contributed by atoms with Gasteiger partial charge in [0.25, 0.3) is 0 Å². The third kappa shape index (κ3) is 1.88. The third-order valence-electron chi connectivity index (χ3n) is 2.61. The highest BCUT2D eigenvalue weighted by Crippen LogP contribution is 2.27. The molecule has 0 aromatic carbocycles. The number of aromatic nitrogens is 2. The molecule has 0 bridgehead atoms. The molecule has 1 aliphatic rings. The third-order valence-corrected chi connectivity index (χ3v) is 2.61. The van der Waals surface area contributed by atoms with Crippen molar-refractivity contribution in [1.82, 2.24) is 9.78 Å². The van der Waals surface area contributed by atoms with Gasteiger partial charge < -0.3 is 5.11 Å². The van der Waals surface area contributed by atoms with Crippen LogP contribution in [0.3, 0.4) is 0 Å². The zero-order chi connectivity index (χ0) is 9.26. The summed E-state index contributed by atoms with van der Waals surface area (Å²) in [6.45, 7) is 0. The predicted molar refractivity (Wildman–Crippen MR) is 45.7 cm³/mol. The van der Waals surface area contributed by atoms with Gasteiger partial charge in [-0.2, -0.15) is 5.10 Å². The topological polar surface area (TPSA) is 38.0 Å². The van der Waals surface area contributed by atoms with Crippen molar-refractivity contribution in [3.05, 3.63) is 18.2 Å². The van der Waals surface area contributed by atoms with Gasteiger partial charge in [-0.1, -0.05) is 0 Å². The second kappa shape index (κ2) is 3.46. The van der Waals surface area contributed by atoms with Gasteiger partial charge in [0, 0.05) is 0 Å². The Kier molecular flexibility index (Phi) is 2.31. The van der Waals surface area contributed by atoms with Gasteiger partial charge in [-0.15, -0.1) is 0 Å². The summed E-state index contributed by atoms with van der Waals surface area (Å²) in [6.07, 6.45) is 5.85. The van der Waals surface area contributed by atoms with Crippen LogP contribution in [0.2, 0.25) is 0 Å². The summed E-state index contributed by atoms with van der Waals surface area (Å²) in [6, 6.07) is 0.271. The average Bonchev–Trinajstić information content (AvgIpc) is 2.53. The molecular formula is C9H13FN2O. The zero-order valence-corrected chi connectivity index (χ0v) is 7.36. The molecule has 0 atom stereocenters. The van der Waals surface area contributed by atoms with E-state index in [0.29, 0.717) is 0 Å². The first kappa shape index (κ1) is 8.69. The molecule has 0 aliphatic heterocycles. The van der Waals surface area contributed by atoms with Gasteiger partial charge in [0.15, 0.2) is 5.82 Å². The Morgan fingerprint density at radius 3 is 2.62 bits per heavy atom. The van der Waals surface area contributed by atoms with Crippen LogP contribution in [0.15, 0.2) is 12.4 Å². The molecule has 1 aromatic heterocycles. The van der Waals surface area contributed by atoms with E-state index in [1.54, 1.807) is 4.68 Å². The minimum atomic E-state index is -0.286. The number of nitrogens with zero attached hydrogens (tertiary/aromatic N) is 2. The molecule has 1 saturated carbocycles. The van der Waals surface area contributed by atoms with E-state index in [-0.39, 0.29) is 18.0 Å². The number of rotatable bonds is 1. The van der Waals surface area contributed by atoms with E-state index in [1.165, 1.54) is 12.4 Å². The van der Waals surface area contributed by atoms with Gasteiger partial charge in [0.2, 0.25) is 0 Å². The second-order valence-electron chi connectivity index (χ2n) is 3.60. The molecule has 1 fully saturated rings. The van der Waals surface area contributed by atoms with E-state index in [1.807, 2.05) is 0 Å². The van der Waals surface area contributed by atoms with Crippen LogP contribution in [0.1, 0.15) is 31.7 Å². The monoisotopic (exact) mass is 184 g/mol. The Hall–Kier alpha value is -0.900. The summed E-state index contributed by atoms with van der Waals surface area (Å²) in [4.78, 5) is 0. The average molecular weight is 184 g/mol. The minimum Gasteiger partial charge on any atom is -0.393 e. The molecule has 0 radical (unpaired) electrons. The van der Waals surface area contributed by atoms with Crippen LogP contribution in [0, 0.1) is 5.82 Å². The summed E-state index contributed by atoms with van der Waals surface area (Å²) >= 11 is 0. The van der Waals surface area contributed by atoms with E-state index in [4.69, 9.17) is 0 Å². The van der Waals surface area contributed by atoms with Crippen molar-refractivity contribution in [3.8, 4) is 0 Å². The minimum absolute atomic E-state index is 0.170. The highest BCUT2D eigenvalue weighted by molar-refractivity contribution is 4.87. The molecule has 2 rings (SSSR count). The van der Waals surface area contributed by atoms with Crippen LogP contribution in [0.4, 0.5) is 4.39 Å². The SMILES string of the molecule is OC1CCC(n2cc(F)cn2)CC1. The second-order valence-corrected chi connectivity index (χ2v) is 3.60. The molecule has 4 heteroatoms. The first-order valence-electron chi connectivity index (χ1n) is 4.63. The van der Waals surface area contributed by atoms with Gasteiger partial charge in [-0.05, 0) is 25.7 Å². The van der Waals surface area contributed by atoms with Gasteiger partial charge in [-0.25, -0.2) is 4.39 Å². The van der Waals surface area contributed by atoms with E-state index in [0.717, 1.165) is 25.7 Å². The van der Waals surface area contributed by atoms with Crippen molar-refractivity contribution >= 4 is 0 Å². The van der Waals surface area contributed by atoms with E-state index >= 15 is 0 Å². The first-order valence-corrected chi connectivity index (χ1v) is 4.63. The van der Waals surface area contributed by atoms with Crippen molar-refractivity contribution in [2.75, 3.05) is 0 Å². The molecule has 0 amide bonds. The van der Waals surface area contributed by atoms with Crippen LogP contribution in [0.5, 0.6) is 0 Å². The molecule has 0 unspecified atom stereocenters. The van der Waals surface area contributed by atoms with Crippen molar-refractivity contribution in [1.29, 1.82) is 0 Å². The van der Waals surface area contributed by atoms with Crippen molar-refractivity contribution in [3.63, 3.8) is 0 Å². The van der Waals surface area contributed by atoms with Crippen LogP contribution < -0.4 is 0 Å². The molecule has 1 heterocycles. The van der Waals surface area contributed by atoms with Crippen molar-refractivity contribution in [2.45, 2.75) is 37.8 Å². The lowest BCUT2D eigenvalue weighted by molar-refractivity contribution is 0.108. The van der Waals surface area contributed by atoms with Crippen LogP contribution >= 0.6 is 0 Å². The fraction of sp³-hybridized carbons (Fsp3) is 0.667. The molecule has 0 saturated heterocycles. The Labute approximate surface area is 76.2 Å². The van der Waals surface area contributed by atoms with E-state index < -0.39 is 0 Å². The summed E-state index contributed by atoms with van der Waals surface area (Å²) in [5.74, 6) is -0.286. The molecule has 13 heavy (non-hydrogen) atoms. The highest BCUT2D eigenvalue weighted by atomic mass is 19.1. The quantitative estimate of drug-likeness (QED) is 0.718. The maximum absolute atomic E-state index is 12.6. The van der Waals surface area contributed by atoms with E-state index in [9.17, 15) is 9.50 Å². The van der Waals surface area contributed by atoms with Crippen LogP contribution in [0.25, 0.3) is 0 Å². The summed E-state index contributed by atoms with van der Waals surface area (Å²) in [7, 11) is 0. The summed E-state index contributed by atoms with van der Waals surface area (Å²) < 4.78 is 14.3. The molecule has 1 aliphatic carbocycles. The van der Waals surface area contributed by atoms with Crippen molar-refractivity contribution in [2.24, 2.45) is 0 Å². The smallest absolute Gasteiger partial charge is 0.161 e. The fourth-order valence-electron chi connectivity index (χ4n) is 1.84. The first-order chi connectivity index (χ1) is 6.25. The lowest BCUT2D eigenvalue weighted by atomic mass is 9.93. The summed E-state index contributed by atoms with van der Waals surface area (Å²) in [5, 5.41) is 13.2. The van der Waals surface area contributed by atoms with Crippen LogP contribution in [-0.4, -0.2) is 21.0 Å². The van der Waals surface area contributed by atoms with Gasteiger partial charge >= 0.3 is 0 Å². The number of aliphatic hydroxyl groups is 1. The van der Waals surface area contributed by atoms with Gasteiger partial charge in [-0.3, -0.25) is 4.68 Å². The Morgan fingerprint density at radius 2 is 2.08 bits per heavy atom. The van der Waals surface area contributed by atoms with E-state index in [2.05, 4.69) is 5.10 Å². The van der Waals surface area contributed by atoms with Gasteiger partial charge in [0.1, 0.15) is 0 Å². The number of hydrogen-bond acceptors (Lipinski definition) is 2. The molecule has 1 N–H and O–H groups in total. The fourth-order valence-corrected chi connectivity index (χ4v) is 1.84. The largest absolute Gasteiger partial charge is 0.393 e. The number of aliphatic hydroxyl groups excluding tert-OH is 1. The molecule has 1 aromatic rings. The van der Waals surface area contributed by atoms with Gasteiger partial charge in [0.05, 0.1) is 24.5 Å². The maximum Gasteiger partial charge on any atom is 0.161 e. The standard InChI is InChI=1S/C9H13FN2O/c10-7-5-11-12(6-7)8-1-3-9(13)4-2-8/h5-6,8-9,13H,1-4H2. The lowest BCUT2D eigenvalue weighted by Crippen LogP contribution is -2.21. The normalized spacial score (nSPS) is 29.1. The van der Waals surface area contributed by atoms with Crippen LogP contribution in [-0.2, 0) is 0 Å². The maximum atomic E-state index is 12.6. The molecule has 3 nitrogen and oxygen atoms in total. The Balaban J connectivity index is 2.02. The Morgan fingerprint density at radius 1 is 1.38 bits per heavy atom. The highest BCUT2D eigenvalue weighted by Gasteiger charge is 2.21. The van der Waals surface area contributed by atoms with Crippen molar-refractivity contribution < 1.29 is 9.50 Å². The predicted octanol–water partition coefficient (Wildman–Crippen LogP) is 1.50.